The molecule has 3 aromatic rings. The number of para-hydroxylation sites is 2. The van der Waals surface area contributed by atoms with E-state index in [1.54, 1.807) is 48.4 Å². The van der Waals surface area contributed by atoms with Crippen LogP contribution in [0, 0.1) is 5.92 Å². The number of benzene rings is 3. The maximum Gasteiger partial charge on any atom is 0.229 e. The number of nitrogens with one attached hydrogen (secondary N) is 1. The molecule has 1 atom stereocenters. The van der Waals surface area contributed by atoms with Gasteiger partial charge in [0.2, 0.25) is 11.8 Å². The quantitative estimate of drug-likeness (QED) is 0.592. The van der Waals surface area contributed by atoms with E-state index in [0.717, 1.165) is 0 Å². The minimum Gasteiger partial charge on any atom is -0.493 e. The highest BCUT2D eigenvalue weighted by atomic mass is 16.6. The Kier molecular flexibility index (Phi) is 5.95. The second-order valence-corrected chi connectivity index (χ2v) is 8.00. The van der Waals surface area contributed by atoms with Crippen molar-refractivity contribution in [2.75, 3.05) is 37.1 Å². The maximum atomic E-state index is 12.8. The molecule has 2 aliphatic rings. The Labute approximate surface area is 197 Å². The molecule has 8 nitrogen and oxygen atoms in total. The molecule has 0 aromatic heterocycles. The van der Waals surface area contributed by atoms with Gasteiger partial charge in [0.15, 0.2) is 23.0 Å². The molecule has 1 fully saturated rings. The lowest BCUT2D eigenvalue weighted by atomic mass is 10.1. The molecule has 174 valence electrons. The zero-order valence-electron chi connectivity index (χ0n) is 18.7. The first-order valence-electron chi connectivity index (χ1n) is 11.0. The van der Waals surface area contributed by atoms with Gasteiger partial charge in [-0.2, -0.15) is 0 Å². The van der Waals surface area contributed by atoms with Crippen molar-refractivity contribution in [3.05, 3.63) is 66.7 Å². The van der Waals surface area contributed by atoms with Crippen LogP contribution in [-0.2, 0) is 9.59 Å². The summed E-state index contributed by atoms with van der Waals surface area (Å²) in [7, 11) is 1.59. The van der Waals surface area contributed by atoms with Gasteiger partial charge in [0.05, 0.1) is 13.0 Å². The molecule has 8 heteroatoms. The molecule has 2 heterocycles. The molecule has 0 saturated carbocycles. The van der Waals surface area contributed by atoms with E-state index in [2.05, 4.69) is 5.32 Å². The first-order chi connectivity index (χ1) is 16.6. The van der Waals surface area contributed by atoms with Crippen LogP contribution in [0.15, 0.2) is 66.7 Å². The van der Waals surface area contributed by atoms with Gasteiger partial charge in [-0.3, -0.25) is 9.59 Å². The molecule has 1 unspecified atom stereocenters. The van der Waals surface area contributed by atoms with Crippen LogP contribution in [0.25, 0.3) is 0 Å². The normalized spacial score (nSPS) is 16.8. The first kappa shape index (κ1) is 21.6. The monoisotopic (exact) mass is 460 g/mol. The molecular weight excluding hydrogens is 436 g/mol. The highest BCUT2D eigenvalue weighted by molar-refractivity contribution is 6.03. The van der Waals surface area contributed by atoms with Gasteiger partial charge >= 0.3 is 0 Å². The minimum atomic E-state index is -0.454. The third-order valence-electron chi connectivity index (χ3n) is 5.75. The summed E-state index contributed by atoms with van der Waals surface area (Å²) in [6, 6.07) is 19.8. The SMILES string of the molecule is COc1ccccc1Oc1ccc(NC(=O)C2CC(=O)N(c3ccc4c(c3)OCCO4)C2)cc1. The molecule has 0 spiro atoms. The van der Waals surface area contributed by atoms with Crippen molar-refractivity contribution >= 4 is 23.2 Å². The largest absolute Gasteiger partial charge is 0.493 e. The lowest BCUT2D eigenvalue weighted by Gasteiger charge is -2.22. The average molecular weight is 460 g/mol. The van der Waals surface area contributed by atoms with E-state index in [0.29, 0.717) is 59.9 Å². The summed E-state index contributed by atoms with van der Waals surface area (Å²) in [5.74, 6) is 2.37. The van der Waals surface area contributed by atoms with Crippen molar-refractivity contribution in [2.45, 2.75) is 6.42 Å². The fourth-order valence-electron chi connectivity index (χ4n) is 4.01. The molecule has 2 amide bonds. The van der Waals surface area contributed by atoms with Crippen LogP contribution < -0.4 is 29.2 Å². The number of methoxy groups -OCH3 is 1. The van der Waals surface area contributed by atoms with E-state index in [9.17, 15) is 9.59 Å². The van der Waals surface area contributed by atoms with Crippen molar-refractivity contribution < 1.29 is 28.5 Å². The first-order valence-corrected chi connectivity index (χ1v) is 11.0. The topological polar surface area (TPSA) is 86.3 Å². The summed E-state index contributed by atoms with van der Waals surface area (Å²) in [4.78, 5) is 27.1. The smallest absolute Gasteiger partial charge is 0.229 e. The zero-order valence-corrected chi connectivity index (χ0v) is 18.7. The van der Waals surface area contributed by atoms with E-state index in [1.807, 2.05) is 30.3 Å². The molecule has 5 rings (SSSR count). The van der Waals surface area contributed by atoms with Crippen LogP contribution in [0.1, 0.15) is 6.42 Å². The highest BCUT2D eigenvalue weighted by Gasteiger charge is 2.35. The standard InChI is InChI=1S/C26H24N2O6/c1-31-21-4-2-3-5-23(21)34-20-9-6-18(7-10-20)27-26(30)17-14-25(29)28(16-17)19-8-11-22-24(15-19)33-13-12-32-22/h2-11,15,17H,12-14,16H2,1H3,(H,27,30). The molecule has 1 N–H and O–H groups in total. The van der Waals surface area contributed by atoms with Crippen LogP contribution in [0.4, 0.5) is 11.4 Å². The Morgan fingerprint density at radius 1 is 0.971 bits per heavy atom. The Bertz CT molecular complexity index is 1210. The van der Waals surface area contributed by atoms with Crippen LogP contribution in [0.2, 0.25) is 0 Å². The van der Waals surface area contributed by atoms with Crippen LogP contribution in [-0.4, -0.2) is 38.7 Å². The van der Waals surface area contributed by atoms with E-state index in [4.69, 9.17) is 18.9 Å². The number of ether oxygens (including phenoxy) is 4. The third kappa shape index (κ3) is 4.47. The Morgan fingerprint density at radius 3 is 2.47 bits per heavy atom. The minimum absolute atomic E-state index is 0.0996. The number of carbonyl (C=O) groups is 2. The summed E-state index contributed by atoms with van der Waals surface area (Å²) < 4.78 is 22.3. The summed E-state index contributed by atoms with van der Waals surface area (Å²) in [6.07, 6.45) is 0.148. The molecule has 34 heavy (non-hydrogen) atoms. The molecule has 3 aromatic carbocycles. The van der Waals surface area contributed by atoms with Crippen LogP contribution in [0.5, 0.6) is 28.7 Å². The Hall–Kier alpha value is -4.20. The van der Waals surface area contributed by atoms with Crippen molar-refractivity contribution in [2.24, 2.45) is 5.92 Å². The fraction of sp³-hybridized carbons (Fsp3) is 0.231. The zero-order chi connectivity index (χ0) is 23.5. The van der Waals surface area contributed by atoms with Gasteiger partial charge in [-0.15, -0.1) is 0 Å². The average Bonchev–Trinajstić information content (AvgIpc) is 3.27. The number of rotatable bonds is 6. The summed E-state index contributed by atoms with van der Waals surface area (Å²) >= 11 is 0. The molecule has 0 bridgehead atoms. The van der Waals surface area contributed by atoms with Crippen LogP contribution in [0.3, 0.4) is 0 Å². The number of nitrogens with zero attached hydrogens (tertiary/aromatic N) is 1. The second kappa shape index (κ2) is 9.35. The Balaban J connectivity index is 1.21. The number of hydrogen-bond donors (Lipinski definition) is 1. The van der Waals surface area contributed by atoms with Gasteiger partial charge in [0.25, 0.3) is 0 Å². The van der Waals surface area contributed by atoms with Crippen molar-refractivity contribution in [1.29, 1.82) is 0 Å². The highest BCUT2D eigenvalue weighted by Crippen LogP contribution is 2.36. The van der Waals surface area contributed by atoms with Gasteiger partial charge in [-0.05, 0) is 48.5 Å². The lowest BCUT2D eigenvalue weighted by Crippen LogP contribution is -2.28. The van der Waals surface area contributed by atoms with Crippen molar-refractivity contribution in [3.8, 4) is 28.7 Å². The van der Waals surface area contributed by atoms with E-state index >= 15 is 0 Å². The second-order valence-electron chi connectivity index (χ2n) is 8.00. The molecule has 2 aliphatic heterocycles. The van der Waals surface area contributed by atoms with E-state index in [1.165, 1.54) is 0 Å². The molecule has 1 saturated heterocycles. The van der Waals surface area contributed by atoms with Gasteiger partial charge < -0.3 is 29.2 Å². The fourth-order valence-corrected chi connectivity index (χ4v) is 4.01. The van der Waals surface area contributed by atoms with Gasteiger partial charge in [-0.1, -0.05) is 12.1 Å². The van der Waals surface area contributed by atoms with Gasteiger partial charge in [0, 0.05) is 30.4 Å². The number of anilines is 2. The van der Waals surface area contributed by atoms with Gasteiger partial charge in [0.1, 0.15) is 19.0 Å². The summed E-state index contributed by atoms with van der Waals surface area (Å²) in [5, 5.41) is 2.90. The van der Waals surface area contributed by atoms with E-state index < -0.39 is 5.92 Å². The molecular formula is C26H24N2O6. The molecule has 0 aliphatic carbocycles. The summed E-state index contributed by atoms with van der Waals surface area (Å²) in [6.45, 7) is 1.28. The number of fused-ring (bicyclic) bond motifs is 1. The number of carbonyl (C=O) groups excluding carboxylic acids is 2. The summed E-state index contributed by atoms with van der Waals surface area (Å²) in [5.41, 5.74) is 1.32. The lowest BCUT2D eigenvalue weighted by molar-refractivity contribution is -0.122. The van der Waals surface area contributed by atoms with Crippen LogP contribution >= 0.6 is 0 Å². The van der Waals surface area contributed by atoms with E-state index in [-0.39, 0.29) is 18.2 Å². The predicted octanol–water partition coefficient (Wildman–Crippen LogP) is 4.25. The number of hydrogen-bond acceptors (Lipinski definition) is 6. The van der Waals surface area contributed by atoms with Crippen molar-refractivity contribution in [3.63, 3.8) is 0 Å². The maximum absolute atomic E-state index is 12.8. The molecule has 0 radical (unpaired) electrons. The third-order valence-corrected chi connectivity index (χ3v) is 5.75. The number of amides is 2. The Morgan fingerprint density at radius 2 is 1.71 bits per heavy atom. The predicted molar refractivity (Wildman–Crippen MR) is 126 cm³/mol. The van der Waals surface area contributed by atoms with Crippen molar-refractivity contribution in [1.82, 2.24) is 0 Å². The van der Waals surface area contributed by atoms with Gasteiger partial charge in [-0.25, -0.2) is 0 Å².